The van der Waals surface area contributed by atoms with Crippen LogP contribution in [0.1, 0.15) is 6.42 Å². The number of anilines is 2. The van der Waals surface area contributed by atoms with Crippen LogP contribution in [0.15, 0.2) is 36.8 Å². The van der Waals surface area contributed by atoms with Gasteiger partial charge in [-0.05, 0) is 25.1 Å². The van der Waals surface area contributed by atoms with Crippen molar-refractivity contribution in [3.63, 3.8) is 0 Å². The Balaban J connectivity index is 1.48. The van der Waals surface area contributed by atoms with Gasteiger partial charge in [-0.3, -0.25) is 14.1 Å². The minimum absolute atomic E-state index is 0.0851. The lowest BCUT2D eigenvalue weighted by Gasteiger charge is -2.25. The SMILES string of the molecule is O=C1COCCN1c1cn2c(-c3cccc(N[C@@H]4CCNC4)n3)cnc2cn1. The highest BCUT2D eigenvalue weighted by atomic mass is 16.5. The Morgan fingerprint density at radius 1 is 1.25 bits per heavy atom. The van der Waals surface area contributed by atoms with Crippen LogP contribution in [0.2, 0.25) is 0 Å². The summed E-state index contributed by atoms with van der Waals surface area (Å²) >= 11 is 0. The molecule has 0 aliphatic carbocycles. The number of amides is 1. The first-order valence-corrected chi connectivity index (χ1v) is 9.44. The summed E-state index contributed by atoms with van der Waals surface area (Å²) in [6.45, 7) is 3.06. The maximum atomic E-state index is 12.1. The van der Waals surface area contributed by atoms with E-state index >= 15 is 0 Å². The number of rotatable bonds is 4. The predicted octanol–water partition coefficient (Wildman–Crippen LogP) is 0.928. The third kappa shape index (κ3) is 3.19. The van der Waals surface area contributed by atoms with Crippen molar-refractivity contribution < 1.29 is 9.53 Å². The molecule has 3 aromatic rings. The number of ether oxygens (including phenoxy) is 1. The van der Waals surface area contributed by atoms with Gasteiger partial charge in [-0.1, -0.05) is 6.07 Å². The van der Waals surface area contributed by atoms with E-state index in [9.17, 15) is 4.79 Å². The molecule has 0 unspecified atom stereocenters. The van der Waals surface area contributed by atoms with Crippen LogP contribution >= 0.6 is 0 Å². The van der Waals surface area contributed by atoms with Crippen LogP contribution in [0.3, 0.4) is 0 Å². The quantitative estimate of drug-likeness (QED) is 0.696. The van der Waals surface area contributed by atoms with Gasteiger partial charge in [0.1, 0.15) is 12.4 Å². The first-order valence-electron chi connectivity index (χ1n) is 9.44. The highest BCUT2D eigenvalue weighted by Gasteiger charge is 2.22. The molecular formula is C19H21N7O2. The Morgan fingerprint density at radius 2 is 2.21 bits per heavy atom. The van der Waals surface area contributed by atoms with Crippen molar-refractivity contribution in [3.8, 4) is 11.4 Å². The lowest BCUT2D eigenvalue weighted by molar-refractivity contribution is -0.125. The molecule has 2 aliphatic heterocycles. The lowest BCUT2D eigenvalue weighted by atomic mass is 10.2. The van der Waals surface area contributed by atoms with Crippen molar-refractivity contribution in [2.24, 2.45) is 0 Å². The molecule has 0 saturated carbocycles. The molecule has 5 heterocycles. The van der Waals surface area contributed by atoms with Gasteiger partial charge in [-0.2, -0.15) is 0 Å². The summed E-state index contributed by atoms with van der Waals surface area (Å²) in [7, 11) is 0. The molecule has 2 N–H and O–H groups in total. The topological polar surface area (TPSA) is 96.7 Å². The summed E-state index contributed by atoms with van der Waals surface area (Å²) in [6, 6.07) is 6.32. The lowest BCUT2D eigenvalue weighted by Crippen LogP contribution is -2.42. The second kappa shape index (κ2) is 7.17. The number of imidazole rings is 1. The van der Waals surface area contributed by atoms with E-state index in [0.29, 0.717) is 30.7 Å². The number of carbonyl (C=O) groups is 1. The van der Waals surface area contributed by atoms with E-state index in [2.05, 4.69) is 20.6 Å². The van der Waals surface area contributed by atoms with E-state index < -0.39 is 0 Å². The van der Waals surface area contributed by atoms with Crippen LogP contribution in [-0.4, -0.2) is 64.1 Å². The first kappa shape index (κ1) is 17.1. The minimum atomic E-state index is -0.0886. The molecule has 0 spiro atoms. The summed E-state index contributed by atoms with van der Waals surface area (Å²) in [5, 5.41) is 6.83. The van der Waals surface area contributed by atoms with Gasteiger partial charge in [0.2, 0.25) is 0 Å². The zero-order valence-corrected chi connectivity index (χ0v) is 15.3. The fourth-order valence-corrected chi connectivity index (χ4v) is 3.61. The Morgan fingerprint density at radius 3 is 3.07 bits per heavy atom. The van der Waals surface area contributed by atoms with E-state index in [1.165, 1.54) is 0 Å². The van der Waals surface area contributed by atoms with E-state index in [0.717, 1.165) is 36.7 Å². The Hall–Kier alpha value is -3.04. The molecule has 5 rings (SSSR count). The highest BCUT2D eigenvalue weighted by molar-refractivity contribution is 5.93. The van der Waals surface area contributed by atoms with Crippen molar-refractivity contribution in [1.82, 2.24) is 24.7 Å². The number of hydrogen-bond donors (Lipinski definition) is 2. The number of nitrogens with one attached hydrogen (secondary N) is 2. The molecule has 2 fully saturated rings. The molecule has 144 valence electrons. The van der Waals surface area contributed by atoms with Crippen molar-refractivity contribution in [2.75, 3.05) is 43.1 Å². The molecule has 1 amide bonds. The van der Waals surface area contributed by atoms with E-state index in [4.69, 9.17) is 9.72 Å². The third-order valence-electron chi connectivity index (χ3n) is 5.07. The van der Waals surface area contributed by atoms with Crippen LogP contribution in [0, 0.1) is 0 Å². The zero-order chi connectivity index (χ0) is 18.9. The number of pyridine rings is 1. The molecule has 2 aliphatic rings. The van der Waals surface area contributed by atoms with Crippen molar-refractivity contribution >= 4 is 23.2 Å². The number of hydrogen-bond acceptors (Lipinski definition) is 7. The van der Waals surface area contributed by atoms with Gasteiger partial charge in [0.25, 0.3) is 5.91 Å². The molecule has 0 aromatic carbocycles. The molecule has 3 aromatic heterocycles. The molecule has 1 atom stereocenters. The summed E-state index contributed by atoms with van der Waals surface area (Å²) < 4.78 is 7.13. The standard InChI is InChI=1S/C19H21N7O2/c27-19-12-28-7-6-25(19)18-11-26-15(9-21-17(26)10-22-18)14-2-1-3-16(24-14)23-13-4-5-20-8-13/h1-3,9-11,13,20H,4-8,12H2,(H,23,24)/t13-/m1/s1. The third-order valence-corrected chi connectivity index (χ3v) is 5.07. The van der Waals surface area contributed by atoms with E-state index in [1.54, 1.807) is 17.3 Å². The summed E-state index contributed by atoms with van der Waals surface area (Å²) in [6.07, 6.45) is 6.38. The molecule has 0 bridgehead atoms. The summed E-state index contributed by atoms with van der Waals surface area (Å²) in [5.74, 6) is 1.35. The average Bonchev–Trinajstić information content (AvgIpc) is 3.38. The number of morpholine rings is 1. The van der Waals surface area contributed by atoms with Crippen LogP contribution in [0.4, 0.5) is 11.6 Å². The van der Waals surface area contributed by atoms with Gasteiger partial charge in [-0.15, -0.1) is 0 Å². The average molecular weight is 379 g/mol. The van der Waals surface area contributed by atoms with E-state index in [-0.39, 0.29) is 12.5 Å². The minimum Gasteiger partial charge on any atom is -0.370 e. The first-order chi connectivity index (χ1) is 13.8. The monoisotopic (exact) mass is 379 g/mol. The molecule has 9 heteroatoms. The van der Waals surface area contributed by atoms with Crippen molar-refractivity contribution in [2.45, 2.75) is 12.5 Å². The Kier molecular flexibility index (Phi) is 4.38. The maximum absolute atomic E-state index is 12.1. The second-order valence-corrected chi connectivity index (χ2v) is 6.96. The summed E-state index contributed by atoms with van der Waals surface area (Å²) in [4.78, 5) is 27.4. The predicted molar refractivity (Wildman–Crippen MR) is 104 cm³/mol. The van der Waals surface area contributed by atoms with E-state index in [1.807, 2.05) is 28.8 Å². The van der Waals surface area contributed by atoms with Crippen molar-refractivity contribution in [1.29, 1.82) is 0 Å². The second-order valence-electron chi connectivity index (χ2n) is 6.96. The number of carbonyl (C=O) groups excluding carboxylic acids is 1. The Bertz CT molecular complexity index is 1010. The van der Waals surface area contributed by atoms with Gasteiger partial charge in [0, 0.05) is 12.6 Å². The van der Waals surface area contributed by atoms with Gasteiger partial charge >= 0.3 is 0 Å². The number of fused-ring (bicyclic) bond motifs is 1. The van der Waals surface area contributed by atoms with Crippen LogP contribution in [0.5, 0.6) is 0 Å². The smallest absolute Gasteiger partial charge is 0.254 e. The number of nitrogens with zero attached hydrogens (tertiary/aromatic N) is 5. The van der Waals surface area contributed by atoms with Gasteiger partial charge in [0.05, 0.1) is 43.1 Å². The van der Waals surface area contributed by atoms with Crippen LogP contribution in [0.25, 0.3) is 17.0 Å². The molecular weight excluding hydrogens is 358 g/mol. The molecule has 0 radical (unpaired) electrons. The van der Waals surface area contributed by atoms with Gasteiger partial charge in [0.15, 0.2) is 11.5 Å². The zero-order valence-electron chi connectivity index (χ0n) is 15.3. The van der Waals surface area contributed by atoms with Gasteiger partial charge < -0.3 is 15.4 Å². The maximum Gasteiger partial charge on any atom is 0.254 e. The van der Waals surface area contributed by atoms with Gasteiger partial charge in [-0.25, -0.2) is 15.0 Å². The molecule has 28 heavy (non-hydrogen) atoms. The fourth-order valence-electron chi connectivity index (χ4n) is 3.61. The highest BCUT2D eigenvalue weighted by Crippen LogP contribution is 2.23. The normalized spacial score (nSPS) is 20.1. The number of aromatic nitrogens is 4. The van der Waals surface area contributed by atoms with Crippen molar-refractivity contribution in [3.05, 3.63) is 36.8 Å². The Labute approximate surface area is 161 Å². The fraction of sp³-hybridized carbons (Fsp3) is 0.368. The molecule has 9 nitrogen and oxygen atoms in total. The van der Waals surface area contributed by atoms with Crippen LogP contribution < -0.4 is 15.5 Å². The molecule has 2 saturated heterocycles. The van der Waals surface area contributed by atoms with Crippen LogP contribution in [-0.2, 0) is 9.53 Å². The summed E-state index contributed by atoms with van der Waals surface area (Å²) in [5.41, 5.74) is 2.38. The largest absolute Gasteiger partial charge is 0.370 e.